The Morgan fingerprint density at radius 2 is 2.04 bits per heavy atom. The van der Waals surface area contributed by atoms with Gasteiger partial charge < -0.3 is 9.15 Å². The first-order valence-electron chi connectivity index (χ1n) is 8.78. The Kier molecular flexibility index (Phi) is 5.45. The molecule has 5 nitrogen and oxygen atoms in total. The molecule has 1 amide bonds. The van der Waals surface area contributed by atoms with Crippen molar-refractivity contribution in [2.75, 3.05) is 11.5 Å². The van der Waals surface area contributed by atoms with E-state index in [9.17, 15) is 4.79 Å². The highest BCUT2D eigenvalue weighted by atomic mass is 79.9. The highest BCUT2D eigenvalue weighted by Crippen LogP contribution is 2.36. The van der Waals surface area contributed by atoms with Gasteiger partial charge in [-0.25, -0.2) is 4.98 Å². The molecule has 0 saturated carbocycles. The summed E-state index contributed by atoms with van der Waals surface area (Å²) in [6.07, 6.45) is 1.60. The average molecular weight is 457 g/mol. The molecule has 0 bridgehead atoms. The van der Waals surface area contributed by atoms with Crippen LogP contribution in [-0.2, 0) is 6.54 Å². The summed E-state index contributed by atoms with van der Waals surface area (Å²) in [7, 11) is 0. The van der Waals surface area contributed by atoms with Crippen molar-refractivity contribution in [2.45, 2.75) is 13.5 Å². The number of ether oxygens (including phenoxy) is 1. The molecule has 0 aliphatic carbocycles. The van der Waals surface area contributed by atoms with Crippen LogP contribution >= 0.6 is 27.3 Å². The molecule has 0 N–H and O–H groups in total. The van der Waals surface area contributed by atoms with Gasteiger partial charge in [0, 0.05) is 4.47 Å². The maximum absolute atomic E-state index is 13.4. The number of carbonyl (C=O) groups is 1. The zero-order valence-electron chi connectivity index (χ0n) is 15.1. The topological polar surface area (TPSA) is 55.6 Å². The first-order chi connectivity index (χ1) is 13.7. The van der Waals surface area contributed by atoms with Crippen molar-refractivity contribution in [2.24, 2.45) is 0 Å². The van der Waals surface area contributed by atoms with E-state index in [0.717, 1.165) is 14.7 Å². The van der Waals surface area contributed by atoms with Crippen molar-refractivity contribution < 1.29 is 13.9 Å². The van der Waals surface area contributed by atoms with Gasteiger partial charge in [-0.05, 0) is 59.3 Å². The smallest absolute Gasteiger partial charge is 0.261 e. The second-order valence-corrected chi connectivity index (χ2v) is 7.85. The third kappa shape index (κ3) is 3.68. The minimum absolute atomic E-state index is 0.152. The van der Waals surface area contributed by atoms with Crippen LogP contribution in [0.15, 0.2) is 69.8 Å². The molecule has 0 atom stereocenters. The summed E-state index contributed by atoms with van der Waals surface area (Å²) in [5.74, 6) is 1.25. The van der Waals surface area contributed by atoms with Crippen LogP contribution in [0.5, 0.6) is 5.75 Å². The molecular weight excluding hydrogens is 440 g/mol. The van der Waals surface area contributed by atoms with Gasteiger partial charge in [0.25, 0.3) is 5.91 Å². The van der Waals surface area contributed by atoms with Crippen molar-refractivity contribution in [1.82, 2.24) is 4.98 Å². The molecule has 4 rings (SSSR count). The normalized spacial score (nSPS) is 10.9. The van der Waals surface area contributed by atoms with E-state index in [1.54, 1.807) is 17.2 Å². The van der Waals surface area contributed by atoms with Crippen molar-refractivity contribution in [1.29, 1.82) is 0 Å². The number of aromatic nitrogens is 1. The lowest BCUT2D eigenvalue weighted by molar-refractivity contribution is 0.0982. The zero-order valence-corrected chi connectivity index (χ0v) is 17.5. The SMILES string of the molecule is CCOc1cccc2sc(N(Cc3ccco3)C(=O)c3ccccc3Br)nc12. The third-order valence-electron chi connectivity index (χ3n) is 4.14. The number of anilines is 1. The maximum atomic E-state index is 13.4. The van der Waals surface area contributed by atoms with Gasteiger partial charge in [0.15, 0.2) is 5.13 Å². The number of hydrogen-bond donors (Lipinski definition) is 0. The van der Waals surface area contributed by atoms with Gasteiger partial charge in [-0.15, -0.1) is 0 Å². The predicted molar refractivity (Wildman–Crippen MR) is 114 cm³/mol. The molecule has 2 aromatic heterocycles. The van der Waals surface area contributed by atoms with Crippen molar-refractivity contribution >= 4 is 48.5 Å². The Labute approximate surface area is 174 Å². The first-order valence-corrected chi connectivity index (χ1v) is 10.4. The Morgan fingerprint density at radius 3 is 2.79 bits per heavy atom. The number of furan rings is 1. The van der Waals surface area contributed by atoms with Crippen molar-refractivity contribution in [3.63, 3.8) is 0 Å². The lowest BCUT2D eigenvalue weighted by Crippen LogP contribution is -2.30. The predicted octanol–water partition coefficient (Wildman–Crippen LogP) is 5.90. The van der Waals surface area contributed by atoms with Gasteiger partial charge in [-0.3, -0.25) is 9.69 Å². The quantitative estimate of drug-likeness (QED) is 0.362. The summed E-state index contributed by atoms with van der Waals surface area (Å²) in [4.78, 5) is 19.7. The van der Waals surface area contributed by atoms with Crippen LogP contribution in [0.2, 0.25) is 0 Å². The number of thiazole rings is 1. The second kappa shape index (κ2) is 8.16. The first kappa shape index (κ1) is 18.7. The molecule has 0 spiro atoms. The molecule has 7 heteroatoms. The molecule has 0 aliphatic rings. The number of fused-ring (bicyclic) bond motifs is 1. The summed E-state index contributed by atoms with van der Waals surface area (Å²) in [6, 6.07) is 16.8. The van der Waals surface area contributed by atoms with Gasteiger partial charge in [0.1, 0.15) is 17.0 Å². The minimum Gasteiger partial charge on any atom is -0.492 e. The molecule has 4 aromatic rings. The summed E-state index contributed by atoms with van der Waals surface area (Å²) in [6.45, 7) is 2.78. The van der Waals surface area contributed by atoms with E-state index in [1.807, 2.05) is 55.5 Å². The fourth-order valence-corrected chi connectivity index (χ4v) is 4.30. The van der Waals surface area contributed by atoms with E-state index in [0.29, 0.717) is 28.8 Å². The van der Waals surface area contributed by atoms with Gasteiger partial charge in [-0.2, -0.15) is 0 Å². The molecule has 0 saturated heterocycles. The zero-order chi connectivity index (χ0) is 19.5. The van der Waals surface area contributed by atoms with Crippen LogP contribution in [0, 0.1) is 0 Å². The van der Waals surface area contributed by atoms with E-state index in [1.165, 1.54) is 11.3 Å². The van der Waals surface area contributed by atoms with Crippen LogP contribution in [0.1, 0.15) is 23.0 Å². The van der Waals surface area contributed by atoms with E-state index in [-0.39, 0.29) is 12.5 Å². The maximum Gasteiger partial charge on any atom is 0.261 e. The van der Waals surface area contributed by atoms with Crippen LogP contribution in [0.3, 0.4) is 0 Å². The van der Waals surface area contributed by atoms with Crippen LogP contribution < -0.4 is 9.64 Å². The molecule has 0 radical (unpaired) electrons. The molecule has 2 aromatic carbocycles. The molecule has 2 heterocycles. The summed E-state index contributed by atoms with van der Waals surface area (Å²) >= 11 is 4.93. The fraction of sp³-hybridized carbons (Fsp3) is 0.143. The van der Waals surface area contributed by atoms with E-state index < -0.39 is 0 Å². The number of amides is 1. The van der Waals surface area contributed by atoms with Gasteiger partial charge in [-0.1, -0.05) is 29.5 Å². The van der Waals surface area contributed by atoms with E-state index in [4.69, 9.17) is 14.1 Å². The summed E-state index contributed by atoms with van der Waals surface area (Å²) < 4.78 is 12.9. The molecular formula is C21H17BrN2O3S. The van der Waals surface area contributed by atoms with E-state index >= 15 is 0 Å². The number of rotatable bonds is 6. The molecule has 0 unspecified atom stereocenters. The Balaban J connectivity index is 1.79. The Bertz CT molecular complexity index is 1110. The summed E-state index contributed by atoms with van der Waals surface area (Å²) in [5.41, 5.74) is 1.33. The third-order valence-corrected chi connectivity index (χ3v) is 5.88. The van der Waals surface area contributed by atoms with Crippen LogP contribution in [0.4, 0.5) is 5.13 Å². The molecule has 0 fully saturated rings. The Hall–Kier alpha value is -2.64. The van der Waals surface area contributed by atoms with Crippen molar-refractivity contribution in [3.05, 3.63) is 76.7 Å². The number of benzene rings is 2. The minimum atomic E-state index is -0.152. The standard InChI is InChI=1S/C21H17BrN2O3S/c1-2-26-17-10-5-11-18-19(17)23-21(28-18)24(13-14-7-6-12-27-14)20(25)15-8-3-4-9-16(15)22/h3-12H,2,13H2,1H3. The van der Waals surface area contributed by atoms with Gasteiger partial charge in [0.2, 0.25) is 0 Å². The molecule has 0 aliphatic heterocycles. The number of halogens is 1. The number of carbonyl (C=O) groups excluding carboxylic acids is 1. The summed E-state index contributed by atoms with van der Waals surface area (Å²) in [5, 5.41) is 0.597. The van der Waals surface area contributed by atoms with Crippen molar-refractivity contribution in [3.8, 4) is 5.75 Å². The average Bonchev–Trinajstić information content (AvgIpc) is 3.36. The van der Waals surface area contributed by atoms with Gasteiger partial charge >= 0.3 is 0 Å². The van der Waals surface area contributed by atoms with E-state index in [2.05, 4.69) is 15.9 Å². The number of para-hydroxylation sites is 1. The fourth-order valence-electron chi connectivity index (χ4n) is 2.86. The van der Waals surface area contributed by atoms with Crippen LogP contribution in [0.25, 0.3) is 10.2 Å². The lowest BCUT2D eigenvalue weighted by atomic mass is 10.2. The highest BCUT2D eigenvalue weighted by molar-refractivity contribution is 9.10. The monoisotopic (exact) mass is 456 g/mol. The molecule has 28 heavy (non-hydrogen) atoms. The highest BCUT2D eigenvalue weighted by Gasteiger charge is 2.24. The van der Waals surface area contributed by atoms with Crippen LogP contribution in [-0.4, -0.2) is 17.5 Å². The lowest BCUT2D eigenvalue weighted by Gasteiger charge is -2.19. The Morgan fingerprint density at radius 1 is 1.18 bits per heavy atom. The number of nitrogens with zero attached hydrogens (tertiary/aromatic N) is 2. The second-order valence-electron chi connectivity index (χ2n) is 5.98. The van der Waals surface area contributed by atoms with Gasteiger partial charge in [0.05, 0.1) is 29.7 Å². The molecule has 142 valence electrons. The number of hydrogen-bond acceptors (Lipinski definition) is 5. The largest absolute Gasteiger partial charge is 0.492 e.